The number of fused-ring (bicyclic) bond motifs is 1. The Bertz CT molecular complexity index is 1460. The maximum absolute atomic E-state index is 14.2. The van der Waals surface area contributed by atoms with Gasteiger partial charge in [0.1, 0.15) is 11.2 Å². The number of nitrogens with zero attached hydrogens (tertiary/aromatic N) is 2. The Labute approximate surface area is 197 Å². The van der Waals surface area contributed by atoms with Gasteiger partial charge in [0, 0.05) is 14.1 Å². The Balaban J connectivity index is 1.78. The van der Waals surface area contributed by atoms with E-state index < -0.39 is 5.41 Å². The lowest BCUT2D eigenvalue weighted by Gasteiger charge is -2.34. The smallest absolute Gasteiger partial charge is 0.328 e. The molecule has 0 saturated heterocycles. The zero-order valence-electron chi connectivity index (χ0n) is 19.1. The fraction of sp³-hybridized carbons (Fsp3) is 0.143. The maximum Gasteiger partial charge on any atom is 0.328 e. The van der Waals surface area contributed by atoms with E-state index >= 15 is 0 Å². The van der Waals surface area contributed by atoms with Crippen molar-refractivity contribution >= 4 is 16.9 Å². The van der Waals surface area contributed by atoms with Crippen molar-refractivity contribution in [2.45, 2.75) is 12.0 Å². The van der Waals surface area contributed by atoms with Gasteiger partial charge in [-0.15, -0.1) is 0 Å². The van der Waals surface area contributed by atoms with Gasteiger partial charge in [-0.25, -0.2) is 4.79 Å². The third-order valence-corrected chi connectivity index (χ3v) is 6.46. The van der Waals surface area contributed by atoms with E-state index in [2.05, 4.69) is 5.32 Å². The SMILES string of the molecule is Cn1c(=O)n(C)c2cc(C(C(=O)NCc3ccco3)(c3ccccc3)c3ccccc3)ccc21. The topological polar surface area (TPSA) is 69.2 Å². The van der Waals surface area contributed by atoms with Crippen LogP contribution in [0.3, 0.4) is 0 Å². The van der Waals surface area contributed by atoms with Crippen LogP contribution in [0, 0.1) is 0 Å². The fourth-order valence-corrected chi connectivity index (χ4v) is 4.72. The largest absolute Gasteiger partial charge is 0.467 e. The molecule has 5 rings (SSSR count). The number of carbonyl (C=O) groups excluding carboxylic acids is 1. The Morgan fingerprint density at radius 1 is 0.794 bits per heavy atom. The molecule has 0 saturated carbocycles. The van der Waals surface area contributed by atoms with Crippen molar-refractivity contribution in [1.82, 2.24) is 14.5 Å². The Kier molecular flexibility index (Phi) is 5.42. The first-order valence-electron chi connectivity index (χ1n) is 11.1. The van der Waals surface area contributed by atoms with E-state index in [1.54, 1.807) is 35.6 Å². The summed E-state index contributed by atoms with van der Waals surface area (Å²) in [6.07, 6.45) is 1.59. The maximum atomic E-state index is 14.2. The number of benzene rings is 3. The van der Waals surface area contributed by atoms with Gasteiger partial charge < -0.3 is 9.73 Å². The minimum absolute atomic E-state index is 0.112. The molecule has 0 aliphatic carbocycles. The fourth-order valence-electron chi connectivity index (χ4n) is 4.72. The molecular weight excluding hydrogens is 426 g/mol. The van der Waals surface area contributed by atoms with Crippen LogP contribution in [0.1, 0.15) is 22.5 Å². The van der Waals surface area contributed by atoms with Crippen molar-refractivity contribution in [3.05, 3.63) is 130 Å². The molecule has 1 N–H and O–H groups in total. The molecule has 3 aromatic carbocycles. The van der Waals surface area contributed by atoms with E-state index in [9.17, 15) is 9.59 Å². The molecule has 0 fully saturated rings. The number of amides is 1. The Hall–Kier alpha value is -4.32. The summed E-state index contributed by atoms with van der Waals surface area (Å²) >= 11 is 0. The first kappa shape index (κ1) is 21.5. The number of imidazole rings is 1. The van der Waals surface area contributed by atoms with Gasteiger partial charge in [-0.3, -0.25) is 13.9 Å². The summed E-state index contributed by atoms with van der Waals surface area (Å²) in [6, 6.07) is 28.9. The molecule has 0 aliphatic heterocycles. The van der Waals surface area contributed by atoms with E-state index in [4.69, 9.17) is 4.42 Å². The lowest BCUT2D eigenvalue weighted by atomic mass is 9.68. The van der Waals surface area contributed by atoms with Crippen LogP contribution in [-0.2, 0) is 30.8 Å². The zero-order valence-corrected chi connectivity index (χ0v) is 19.1. The molecule has 0 radical (unpaired) electrons. The molecule has 34 heavy (non-hydrogen) atoms. The van der Waals surface area contributed by atoms with Gasteiger partial charge >= 0.3 is 5.69 Å². The van der Waals surface area contributed by atoms with Crippen molar-refractivity contribution < 1.29 is 9.21 Å². The number of hydrogen-bond acceptors (Lipinski definition) is 3. The highest BCUT2D eigenvalue weighted by molar-refractivity contribution is 5.97. The van der Waals surface area contributed by atoms with E-state index in [1.807, 2.05) is 84.9 Å². The first-order valence-corrected chi connectivity index (χ1v) is 11.1. The second-order valence-electron chi connectivity index (χ2n) is 8.35. The van der Waals surface area contributed by atoms with Crippen LogP contribution >= 0.6 is 0 Å². The average molecular weight is 452 g/mol. The highest BCUT2D eigenvalue weighted by Gasteiger charge is 2.44. The third kappa shape index (κ3) is 3.35. The summed E-state index contributed by atoms with van der Waals surface area (Å²) in [5.74, 6) is 0.492. The molecule has 0 bridgehead atoms. The molecule has 1 amide bonds. The summed E-state index contributed by atoms with van der Waals surface area (Å²) in [7, 11) is 3.50. The van der Waals surface area contributed by atoms with E-state index in [1.165, 1.54) is 0 Å². The van der Waals surface area contributed by atoms with E-state index in [0.717, 1.165) is 27.7 Å². The van der Waals surface area contributed by atoms with Gasteiger partial charge in [-0.2, -0.15) is 0 Å². The standard InChI is InChI=1S/C28H25N3O3/c1-30-24-16-15-22(18-25(24)31(2)27(30)33)28(20-10-5-3-6-11-20,21-12-7-4-8-13-21)26(32)29-19-23-14-9-17-34-23/h3-18H,19H2,1-2H3,(H,29,32). The molecular formula is C28H25N3O3. The Morgan fingerprint density at radius 3 is 2.00 bits per heavy atom. The van der Waals surface area contributed by atoms with Crippen LogP contribution in [0.25, 0.3) is 11.0 Å². The number of nitrogens with one attached hydrogen (secondary N) is 1. The van der Waals surface area contributed by atoms with Crippen LogP contribution < -0.4 is 11.0 Å². The number of aromatic nitrogens is 2. The number of carbonyl (C=O) groups is 1. The second-order valence-corrected chi connectivity index (χ2v) is 8.35. The van der Waals surface area contributed by atoms with Crippen molar-refractivity contribution in [2.24, 2.45) is 14.1 Å². The lowest BCUT2D eigenvalue weighted by Crippen LogP contribution is -2.46. The molecule has 0 atom stereocenters. The quantitative estimate of drug-likeness (QED) is 0.395. The van der Waals surface area contributed by atoms with Crippen LogP contribution in [0.2, 0.25) is 0 Å². The molecule has 5 aromatic rings. The summed E-state index contributed by atoms with van der Waals surface area (Å²) < 4.78 is 8.67. The second kappa shape index (κ2) is 8.56. The zero-order chi connectivity index (χ0) is 23.7. The summed E-state index contributed by atoms with van der Waals surface area (Å²) in [5.41, 5.74) is 2.75. The normalized spacial score (nSPS) is 11.6. The molecule has 2 aromatic heterocycles. The molecule has 6 nitrogen and oxygen atoms in total. The Morgan fingerprint density at radius 2 is 1.41 bits per heavy atom. The number of rotatable bonds is 6. The van der Waals surface area contributed by atoms with Gasteiger partial charge in [0.05, 0.1) is 23.8 Å². The lowest BCUT2D eigenvalue weighted by molar-refractivity contribution is -0.124. The molecule has 170 valence electrons. The number of aryl methyl sites for hydroxylation is 2. The van der Waals surface area contributed by atoms with Crippen LogP contribution in [0.4, 0.5) is 0 Å². The molecule has 0 unspecified atom stereocenters. The minimum atomic E-state index is -1.14. The highest BCUT2D eigenvalue weighted by atomic mass is 16.3. The molecule has 0 aliphatic rings. The highest BCUT2D eigenvalue weighted by Crippen LogP contribution is 2.40. The van der Waals surface area contributed by atoms with Gasteiger partial charge in [0.15, 0.2) is 0 Å². The van der Waals surface area contributed by atoms with Gasteiger partial charge in [-0.05, 0) is 41.0 Å². The molecule has 0 spiro atoms. The number of furan rings is 1. The summed E-state index contributed by atoms with van der Waals surface area (Å²) in [5, 5.41) is 3.09. The van der Waals surface area contributed by atoms with Crippen molar-refractivity contribution in [3.8, 4) is 0 Å². The van der Waals surface area contributed by atoms with Crippen LogP contribution in [0.15, 0.2) is 106 Å². The monoisotopic (exact) mass is 451 g/mol. The first-order chi connectivity index (χ1) is 16.5. The summed E-state index contributed by atoms with van der Waals surface area (Å²) in [6.45, 7) is 0.263. The van der Waals surface area contributed by atoms with Crippen molar-refractivity contribution in [1.29, 1.82) is 0 Å². The number of hydrogen-bond donors (Lipinski definition) is 1. The van der Waals surface area contributed by atoms with Crippen molar-refractivity contribution in [2.75, 3.05) is 0 Å². The van der Waals surface area contributed by atoms with E-state index in [0.29, 0.717) is 5.76 Å². The summed E-state index contributed by atoms with van der Waals surface area (Å²) in [4.78, 5) is 26.8. The predicted molar refractivity (Wildman–Crippen MR) is 131 cm³/mol. The van der Waals surface area contributed by atoms with E-state index in [-0.39, 0.29) is 18.1 Å². The third-order valence-electron chi connectivity index (χ3n) is 6.46. The molecule has 2 heterocycles. The van der Waals surface area contributed by atoms with Gasteiger partial charge in [0.2, 0.25) is 5.91 Å². The average Bonchev–Trinajstić information content (AvgIpc) is 3.48. The van der Waals surface area contributed by atoms with Crippen molar-refractivity contribution in [3.63, 3.8) is 0 Å². The predicted octanol–water partition coefficient (Wildman–Crippen LogP) is 4.12. The van der Waals surface area contributed by atoms with Gasteiger partial charge in [-0.1, -0.05) is 66.7 Å². The minimum Gasteiger partial charge on any atom is -0.467 e. The van der Waals surface area contributed by atoms with Gasteiger partial charge in [0.25, 0.3) is 0 Å². The molecule has 6 heteroatoms. The van der Waals surface area contributed by atoms with Crippen LogP contribution in [0.5, 0.6) is 0 Å². The van der Waals surface area contributed by atoms with Crippen LogP contribution in [-0.4, -0.2) is 15.0 Å².